The smallest absolute Gasteiger partial charge is 0.246 e. The fourth-order valence-electron chi connectivity index (χ4n) is 4.81. The zero-order valence-electron chi connectivity index (χ0n) is 23.5. The number of carbonyl (C=O) groups excluding carboxylic acids is 3. The number of aryl methyl sites for hydroxylation is 1. The summed E-state index contributed by atoms with van der Waals surface area (Å²) in [4.78, 5) is 46.5. The van der Waals surface area contributed by atoms with Crippen molar-refractivity contribution in [2.24, 2.45) is 5.41 Å². The number of aromatic nitrogens is 1. The van der Waals surface area contributed by atoms with E-state index < -0.39 is 23.6 Å². The van der Waals surface area contributed by atoms with Crippen molar-refractivity contribution in [3.63, 3.8) is 0 Å². The van der Waals surface area contributed by atoms with Crippen molar-refractivity contribution in [2.75, 3.05) is 12.4 Å². The van der Waals surface area contributed by atoms with E-state index in [-0.39, 0.29) is 36.7 Å². The summed E-state index contributed by atoms with van der Waals surface area (Å²) in [6.07, 6.45) is 2.03. The Hall–Kier alpha value is -2.49. The molecule has 1 aromatic carbocycles. The number of nitrogens with zero attached hydrogens (tertiary/aromatic N) is 2. The highest BCUT2D eigenvalue weighted by atomic mass is 35.5. The minimum Gasteiger partial charge on any atom is -0.391 e. The molecule has 3 amide bonds. The van der Waals surface area contributed by atoms with Gasteiger partial charge in [0.15, 0.2) is 0 Å². The standard InChI is InChI=1S/C29H41ClN4O4S/c1-18(20-10-12-21(13-11-20)25-19(2)31-17-39-25)32-27(37)23-15-22(35)16-34(23)28(38)26(29(3,4)5)33-24(36)9-7-6-8-14-30/h10-13,17-18,22-23,26,35H,6-9,14-16H2,1-5H3,(H,32,37)(H,33,36). The van der Waals surface area contributed by atoms with Crippen LogP contribution in [-0.2, 0) is 14.4 Å². The van der Waals surface area contributed by atoms with E-state index in [1.54, 1.807) is 11.3 Å². The van der Waals surface area contributed by atoms with Gasteiger partial charge in [0.05, 0.1) is 28.2 Å². The fraction of sp³-hybridized carbons (Fsp3) is 0.586. The van der Waals surface area contributed by atoms with Gasteiger partial charge in [0, 0.05) is 25.3 Å². The highest BCUT2D eigenvalue weighted by Gasteiger charge is 2.44. The molecular weight excluding hydrogens is 536 g/mol. The van der Waals surface area contributed by atoms with Gasteiger partial charge >= 0.3 is 0 Å². The van der Waals surface area contributed by atoms with E-state index in [2.05, 4.69) is 15.6 Å². The van der Waals surface area contributed by atoms with Crippen LogP contribution >= 0.6 is 22.9 Å². The van der Waals surface area contributed by atoms with E-state index in [4.69, 9.17) is 11.6 Å². The number of benzene rings is 1. The first kappa shape index (κ1) is 31.0. The number of aliphatic hydroxyl groups is 1. The molecule has 1 aliphatic rings. The van der Waals surface area contributed by atoms with E-state index in [1.807, 2.05) is 64.4 Å². The molecule has 214 valence electrons. The first-order chi connectivity index (χ1) is 18.4. The number of hydrogen-bond acceptors (Lipinski definition) is 6. The molecule has 4 unspecified atom stereocenters. The van der Waals surface area contributed by atoms with Crippen LogP contribution in [0.2, 0.25) is 0 Å². The summed E-state index contributed by atoms with van der Waals surface area (Å²) in [6, 6.07) is 6.04. The Morgan fingerprint density at radius 3 is 2.44 bits per heavy atom. The molecule has 2 heterocycles. The maximum atomic E-state index is 13.7. The lowest BCUT2D eigenvalue weighted by Gasteiger charge is -2.35. The normalized spacial score (nSPS) is 19.0. The van der Waals surface area contributed by atoms with Crippen LogP contribution < -0.4 is 10.6 Å². The predicted molar refractivity (Wildman–Crippen MR) is 156 cm³/mol. The number of carbonyl (C=O) groups is 3. The lowest BCUT2D eigenvalue weighted by molar-refractivity contribution is -0.144. The fourth-order valence-corrected chi connectivity index (χ4v) is 5.81. The summed E-state index contributed by atoms with van der Waals surface area (Å²) in [6.45, 7) is 9.56. The largest absolute Gasteiger partial charge is 0.391 e. The second kappa shape index (κ2) is 13.7. The molecule has 1 saturated heterocycles. The molecule has 0 radical (unpaired) electrons. The van der Waals surface area contributed by atoms with Gasteiger partial charge < -0.3 is 20.6 Å². The molecule has 0 saturated carbocycles. The van der Waals surface area contributed by atoms with Crippen molar-refractivity contribution < 1.29 is 19.5 Å². The molecule has 1 aliphatic heterocycles. The van der Waals surface area contributed by atoms with Crippen molar-refractivity contribution >= 4 is 40.7 Å². The van der Waals surface area contributed by atoms with Crippen LogP contribution in [0.15, 0.2) is 29.8 Å². The van der Waals surface area contributed by atoms with Crippen LogP contribution in [-0.4, -0.2) is 63.3 Å². The van der Waals surface area contributed by atoms with Crippen molar-refractivity contribution in [3.05, 3.63) is 41.0 Å². The SMILES string of the molecule is Cc1ncsc1-c1ccc(C(C)NC(=O)C2CC(O)CN2C(=O)C(NC(=O)CCCCCCl)C(C)(C)C)cc1. The van der Waals surface area contributed by atoms with E-state index >= 15 is 0 Å². The number of halogens is 1. The number of alkyl halides is 1. The van der Waals surface area contributed by atoms with Gasteiger partial charge in [-0.3, -0.25) is 14.4 Å². The number of thiazole rings is 1. The van der Waals surface area contributed by atoms with Gasteiger partial charge in [-0.1, -0.05) is 51.5 Å². The van der Waals surface area contributed by atoms with Gasteiger partial charge in [-0.15, -0.1) is 22.9 Å². The number of β-amino-alcohol motifs (C(OH)–C–C–N with tert-alkyl or cyclic N) is 1. The number of nitrogens with one attached hydrogen (secondary N) is 2. The number of amides is 3. The summed E-state index contributed by atoms with van der Waals surface area (Å²) < 4.78 is 0. The predicted octanol–water partition coefficient (Wildman–Crippen LogP) is 4.59. The molecule has 3 N–H and O–H groups in total. The summed E-state index contributed by atoms with van der Waals surface area (Å²) in [5.74, 6) is -0.327. The summed E-state index contributed by atoms with van der Waals surface area (Å²) >= 11 is 7.30. The molecule has 1 aromatic heterocycles. The van der Waals surface area contributed by atoms with Crippen molar-refractivity contribution in [1.29, 1.82) is 0 Å². The van der Waals surface area contributed by atoms with Crippen LogP contribution in [0, 0.1) is 12.3 Å². The molecule has 10 heteroatoms. The maximum Gasteiger partial charge on any atom is 0.246 e. The van der Waals surface area contributed by atoms with Crippen molar-refractivity contribution in [2.45, 2.75) is 91.0 Å². The van der Waals surface area contributed by atoms with Gasteiger partial charge in [0.2, 0.25) is 17.7 Å². The maximum absolute atomic E-state index is 13.7. The second-order valence-corrected chi connectivity index (χ2v) is 12.6. The molecule has 0 aliphatic carbocycles. The zero-order chi connectivity index (χ0) is 28.7. The van der Waals surface area contributed by atoms with Crippen LogP contribution in [0.1, 0.15) is 77.1 Å². The van der Waals surface area contributed by atoms with E-state index in [0.29, 0.717) is 18.7 Å². The van der Waals surface area contributed by atoms with Gasteiger partial charge in [-0.2, -0.15) is 0 Å². The van der Waals surface area contributed by atoms with Crippen molar-refractivity contribution in [1.82, 2.24) is 20.5 Å². The van der Waals surface area contributed by atoms with Crippen LogP contribution in [0.25, 0.3) is 10.4 Å². The topological polar surface area (TPSA) is 112 Å². The molecule has 0 bridgehead atoms. The summed E-state index contributed by atoms with van der Waals surface area (Å²) in [7, 11) is 0. The monoisotopic (exact) mass is 576 g/mol. The third-order valence-corrected chi connectivity index (χ3v) is 8.34. The van der Waals surface area contributed by atoms with Crippen LogP contribution in [0.5, 0.6) is 0 Å². The highest BCUT2D eigenvalue weighted by molar-refractivity contribution is 7.13. The Morgan fingerprint density at radius 2 is 1.85 bits per heavy atom. The third-order valence-electron chi connectivity index (χ3n) is 7.10. The zero-order valence-corrected chi connectivity index (χ0v) is 25.1. The number of rotatable bonds is 11. The van der Waals surface area contributed by atoms with Crippen molar-refractivity contribution in [3.8, 4) is 10.4 Å². The number of unbranched alkanes of at least 4 members (excludes halogenated alkanes) is 2. The highest BCUT2D eigenvalue weighted by Crippen LogP contribution is 2.29. The molecule has 39 heavy (non-hydrogen) atoms. The molecule has 1 fully saturated rings. The van der Waals surface area contributed by atoms with Gasteiger partial charge in [-0.05, 0) is 43.2 Å². The second-order valence-electron chi connectivity index (χ2n) is 11.4. The van der Waals surface area contributed by atoms with Crippen LogP contribution in [0.4, 0.5) is 0 Å². The Kier molecular flexibility index (Phi) is 10.9. The number of likely N-dealkylation sites (tertiary alicyclic amines) is 1. The number of hydrogen-bond donors (Lipinski definition) is 3. The minimum absolute atomic E-state index is 0.0480. The Morgan fingerprint density at radius 1 is 1.15 bits per heavy atom. The lowest BCUT2D eigenvalue weighted by atomic mass is 9.85. The molecule has 0 spiro atoms. The Bertz CT molecular complexity index is 1130. The molecule has 4 atom stereocenters. The summed E-state index contributed by atoms with van der Waals surface area (Å²) in [5.41, 5.74) is 4.23. The third kappa shape index (κ3) is 8.25. The van der Waals surface area contributed by atoms with Gasteiger partial charge in [0.25, 0.3) is 0 Å². The first-order valence-corrected chi connectivity index (χ1v) is 15.0. The molecular formula is C29H41ClN4O4S. The van der Waals surface area contributed by atoms with E-state index in [0.717, 1.165) is 34.5 Å². The average molecular weight is 577 g/mol. The molecule has 3 rings (SSSR count). The van der Waals surface area contributed by atoms with Gasteiger partial charge in [0.1, 0.15) is 12.1 Å². The first-order valence-electron chi connectivity index (χ1n) is 13.6. The van der Waals surface area contributed by atoms with E-state index in [1.165, 1.54) is 4.90 Å². The summed E-state index contributed by atoms with van der Waals surface area (Å²) in [5, 5.41) is 16.3. The Labute approximate surface area is 240 Å². The average Bonchev–Trinajstić information content (AvgIpc) is 3.49. The van der Waals surface area contributed by atoms with Gasteiger partial charge in [-0.25, -0.2) is 4.98 Å². The quantitative estimate of drug-likeness (QED) is 0.268. The number of aliphatic hydroxyl groups excluding tert-OH is 1. The molecule has 8 nitrogen and oxygen atoms in total. The van der Waals surface area contributed by atoms with Crippen LogP contribution in [0.3, 0.4) is 0 Å². The minimum atomic E-state index is -0.821. The Balaban J connectivity index is 1.68. The van der Waals surface area contributed by atoms with E-state index in [9.17, 15) is 19.5 Å². The molecule has 2 aromatic rings. The lowest BCUT2D eigenvalue weighted by Crippen LogP contribution is -2.57.